The van der Waals surface area contributed by atoms with Crippen LogP contribution in [0.1, 0.15) is 0 Å². The number of nitrogens with zero attached hydrogens (tertiary/aromatic N) is 1. The lowest BCUT2D eigenvalue weighted by Crippen LogP contribution is -2.28. The third-order valence-electron chi connectivity index (χ3n) is 1.17. The Morgan fingerprint density at radius 2 is 1.12 bits per heavy atom. The van der Waals surface area contributed by atoms with Crippen molar-refractivity contribution >= 4 is 22.7 Å². The molecule has 0 heterocycles. The molecule has 0 aliphatic heterocycles. The average Bonchev–Trinajstić information content (AvgIpc) is 1.70. The highest BCUT2D eigenvalue weighted by Crippen LogP contribution is 2.43. The van der Waals surface area contributed by atoms with Crippen LogP contribution in [0.25, 0.3) is 0 Å². The summed E-state index contributed by atoms with van der Waals surface area (Å²) in [5, 5.41) is 0. The van der Waals surface area contributed by atoms with E-state index in [1.807, 2.05) is 0 Å². The van der Waals surface area contributed by atoms with Gasteiger partial charge in [0.05, 0.1) is 6.29 Å². The van der Waals surface area contributed by atoms with Gasteiger partial charge in [-0.2, -0.15) is 0 Å². The zero-order valence-electron chi connectivity index (χ0n) is 7.95. The van der Waals surface area contributed by atoms with Gasteiger partial charge in [-0.05, 0) is 0 Å². The van der Waals surface area contributed by atoms with Crippen molar-refractivity contribution in [3.05, 3.63) is 0 Å². The summed E-state index contributed by atoms with van der Waals surface area (Å²) in [7, 11) is -13.4. The van der Waals surface area contributed by atoms with E-state index in [9.17, 15) is 13.7 Å². The Morgan fingerprint density at radius 3 is 1.31 bits per heavy atom. The van der Waals surface area contributed by atoms with E-state index in [0.717, 1.165) is 0 Å². The molecular formula is C3H13N2O8P3. The van der Waals surface area contributed by atoms with E-state index in [1.54, 1.807) is 0 Å². The van der Waals surface area contributed by atoms with Crippen LogP contribution in [0.5, 0.6) is 0 Å². The number of rotatable bonds is 6. The van der Waals surface area contributed by atoms with Crippen LogP contribution in [-0.2, 0) is 13.7 Å². The number of hydrogen-bond donors (Lipinski definition) is 6. The minimum absolute atomic E-state index is 0.461. The SMILES string of the molecule is NP(=O)(O)CN(CP(=O)(O)O)CP(=O)(O)O. The fraction of sp³-hybridized carbons (Fsp3) is 1.00. The molecule has 13 heteroatoms. The van der Waals surface area contributed by atoms with Gasteiger partial charge in [-0.1, -0.05) is 0 Å². The van der Waals surface area contributed by atoms with Crippen LogP contribution in [0.15, 0.2) is 0 Å². The van der Waals surface area contributed by atoms with Crippen LogP contribution in [-0.4, -0.2) is 48.2 Å². The van der Waals surface area contributed by atoms with Crippen molar-refractivity contribution < 1.29 is 38.2 Å². The van der Waals surface area contributed by atoms with Crippen molar-refractivity contribution in [2.24, 2.45) is 5.50 Å². The monoisotopic (exact) mass is 298 g/mol. The molecule has 16 heavy (non-hydrogen) atoms. The highest BCUT2D eigenvalue weighted by atomic mass is 31.2. The van der Waals surface area contributed by atoms with Crippen molar-refractivity contribution in [3.63, 3.8) is 0 Å². The molecule has 0 amide bonds. The van der Waals surface area contributed by atoms with E-state index in [0.29, 0.717) is 4.90 Å². The molecule has 98 valence electrons. The van der Waals surface area contributed by atoms with Crippen LogP contribution in [0.2, 0.25) is 0 Å². The van der Waals surface area contributed by atoms with E-state index < -0.39 is 41.6 Å². The van der Waals surface area contributed by atoms with Crippen molar-refractivity contribution in [1.29, 1.82) is 0 Å². The van der Waals surface area contributed by atoms with Crippen LogP contribution in [0, 0.1) is 0 Å². The maximum absolute atomic E-state index is 10.8. The lowest BCUT2D eigenvalue weighted by atomic mass is 11.0. The van der Waals surface area contributed by atoms with E-state index in [4.69, 9.17) is 30.0 Å². The van der Waals surface area contributed by atoms with Crippen molar-refractivity contribution in [1.82, 2.24) is 4.90 Å². The molecule has 1 unspecified atom stereocenters. The summed E-state index contributed by atoms with van der Waals surface area (Å²) in [5.41, 5.74) is 4.74. The molecule has 0 aliphatic carbocycles. The van der Waals surface area contributed by atoms with Gasteiger partial charge in [0.25, 0.3) is 7.52 Å². The summed E-state index contributed by atoms with van der Waals surface area (Å²) in [5.74, 6) is 0. The Morgan fingerprint density at radius 1 is 0.812 bits per heavy atom. The first-order chi connectivity index (χ1) is 6.79. The second-order valence-corrected chi connectivity index (χ2v) is 8.20. The summed E-state index contributed by atoms with van der Waals surface area (Å²) < 4.78 is 32.0. The molecule has 1 atom stereocenters. The zero-order valence-corrected chi connectivity index (χ0v) is 10.6. The lowest BCUT2D eigenvalue weighted by molar-refractivity contribution is 0.293. The molecular weight excluding hydrogens is 285 g/mol. The molecule has 0 aromatic carbocycles. The molecule has 0 saturated heterocycles. The van der Waals surface area contributed by atoms with E-state index in [2.05, 4.69) is 0 Å². The van der Waals surface area contributed by atoms with Gasteiger partial charge in [0, 0.05) is 0 Å². The summed E-state index contributed by atoms with van der Waals surface area (Å²) >= 11 is 0. The van der Waals surface area contributed by atoms with Gasteiger partial charge in [0.2, 0.25) is 0 Å². The molecule has 0 rings (SSSR count). The molecule has 0 radical (unpaired) electrons. The Labute approximate surface area is 90.9 Å². The Balaban J connectivity index is 4.72. The third kappa shape index (κ3) is 10.9. The predicted molar refractivity (Wildman–Crippen MR) is 54.5 cm³/mol. The van der Waals surface area contributed by atoms with E-state index in [1.165, 1.54) is 0 Å². The molecule has 0 saturated carbocycles. The number of hydrogen-bond acceptors (Lipinski definition) is 4. The van der Waals surface area contributed by atoms with Crippen LogP contribution < -0.4 is 5.50 Å². The second-order valence-electron chi connectivity index (χ2n) is 3.18. The molecule has 7 N–H and O–H groups in total. The van der Waals surface area contributed by atoms with Crippen LogP contribution in [0.4, 0.5) is 0 Å². The van der Waals surface area contributed by atoms with Gasteiger partial charge in [0.15, 0.2) is 0 Å². The summed E-state index contributed by atoms with van der Waals surface area (Å²) in [4.78, 5) is 43.6. The minimum Gasteiger partial charge on any atom is -0.333 e. The highest BCUT2D eigenvalue weighted by Gasteiger charge is 2.29. The minimum atomic E-state index is -4.60. The van der Waals surface area contributed by atoms with Gasteiger partial charge in [-0.3, -0.25) is 24.1 Å². The quantitative estimate of drug-likeness (QED) is 0.321. The first-order valence-corrected chi connectivity index (χ1v) is 9.21. The zero-order chi connectivity index (χ0) is 13.2. The van der Waals surface area contributed by atoms with E-state index in [-0.39, 0.29) is 0 Å². The first-order valence-electron chi connectivity index (χ1n) is 3.70. The van der Waals surface area contributed by atoms with Crippen LogP contribution >= 0.6 is 22.7 Å². The van der Waals surface area contributed by atoms with Gasteiger partial charge in [-0.25, -0.2) is 0 Å². The van der Waals surface area contributed by atoms with Gasteiger partial charge < -0.3 is 24.5 Å². The lowest BCUT2D eigenvalue weighted by Gasteiger charge is -2.23. The average molecular weight is 298 g/mol. The van der Waals surface area contributed by atoms with Gasteiger partial charge in [-0.15, -0.1) is 0 Å². The topological polar surface area (TPSA) is 182 Å². The summed E-state index contributed by atoms with van der Waals surface area (Å²) in [6.07, 6.45) is -3.02. The smallest absolute Gasteiger partial charge is 0.333 e. The largest absolute Gasteiger partial charge is 0.339 e. The molecule has 0 fully saturated rings. The van der Waals surface area contributed by atoms with Crippen molar-refractivity contribution in [3.8, 4) is 0 Å². The summed E-state index contributed by atoms with van der Waals surface area (Å²) in [6, 6.07) is 0. The third-order valence-corrected chi connectivity index (χ3v) is 3.51. The molecule has 0 aliphatic rings. The predicted octanol–water partition coefficient (Wildman–Crippen LogP) is -1.34. The van der Waals surface area contributed by atoms with Gasteiger partial charge >= 0.3 is 15.2 Å². The number of nitrogens with two attached hydrogens (primary N) is 1. The van der Waals surface area contributed by atoms with Crippen molar-refractivity contribution in [2.75, 3.05) is 18.9 Å². The fourth-order valence-electron chi connectivity index (χ4n) is 0.942. The molecule has 0 bridgehead atoms. The maximum Gasteiger partial charge on any atom is 0.339 e. The van der Waals surface area contributed by atoms with Crippen LogP contribution in [0.3, 0.4) is 0 Å². The Kier molecular flexibility index (Phi) is 5.51. The van der Waals surface area contributed by atoms with E-state index >= 15 is 0 Å². The fourth-order valence-corrected chi connectivity index (χ4v) is 3.63. The van der Waals surface area contributed by atoms with Gasteiger partial charge in [0.1, 0.15) is 12.6 Å². The second kappa shape index (κ2) is 5.37. The Hall–Kier alpha value is 0.410. The Bertz CT molecular complexity index is 308. The summed E-state index contributed by atoms with van der Waals surface area (Å²) in [6.45, 7) is 0. The first kappa shape index (κ1) is 16.4. The molecule has 0 aromatic heterocycles. The normalized spacial score (nSPS) is 17.4. The molecule has 0 aromatic rings. The molecule has 10 nitrogen and oxygen atoms in total. The van der Waals surface area contributed by atoms with Crippen molar-refractivity contribution in [2.45, 2.75) is 0 Å². The molecule has 0 spiro atoms. The highest BCUT2D eigenvalue weighted by molar-refractivity contribution is 7.55. The maximum atomic E-state index is 10.8. The standard InChI is InChI=1S/C3H13N2O8P3/c4-14(6,7)1-5(2-15(8,9)10)3-16(11,12)13/h1-3H2,(H3,4,6,7)(H2,8,9,10)(H2,11,12,13).